The van der Waals surface area contributed by atoms with E-state index in [4.69, 9.17) is 16.0 Å². The van der Waals surface area contributed by atoms with Gasteiger partial charge in [0.1, 0.15) is 0 Å². The number of aromatic nitrogens is 2. The molecular formula is C21H22ClN3O4S. The maximum absolute atomic E-state index is 12.3. The lowest BCUT2D eigenvalue weighted by Crippen LogP contribution is -2.14. The van der Waals surface area contributed by atoms with Crippen molar-refractivity contribution in [3.8, 4) is 0 Å². The van der Waals surface area contributed by atoms with E-state index in [9.17, 15) is 13.2 Å². The van der Waals surface area contributed by atoms with Gasteiger partial charge in [-0.25, -0.2) is 8.42 Å². The van der Waals surface area contributed by atoms with Crippen LogP contribution in [0.1, 0.15) is 36.8 Å². The fourth-order valence-electron chi connectivity index (χ4n) is 2.81. The number of anilines is 1. The van der Waals surface area contributed by atoms with Crippen molar-refractivity contribution in [1.82, 2.24) is 10.2 Å². The Morgan fingerprint density at radius 2 is 1.70 bits per heavy atom. The van der Waals surface area contributed by atoms with Crippen LogP contribution in [0.5, 0.6) is 0 Å². The van der Waals surface area contributed by atoms with Crippen LogP contribution in [0.2, 0.25) is 5.02 Å². The molecule has 1 aromatic heterocycles. The molecule has 2 aromatic carbocycles. The Bertz CT molecular complexity index is 1090. The molecular weight excluding hydrogens is 426 g/mol. The minimum absolute atomic E-state index is 0.000682. The summed E-state index contributed by atoms with van der Waals surface area (Å²) in [6.07, 6.45) is 1.62. The Kier molecular flexibility index (Phi) is 7.23. The molecule has 1 amide bonds. The number of hydrogen-bond donors (Lipinski definition) is 1. The lowest BCUT2D eigenvalue weighted by molar-refractivity contribution is -0.116. The first kappa shape index (κ1) is 22.0. The van der Waals surface area contributed by atoms with Gasteiger partial charge in [0, 0.05) is 11.4 Å². The zero-order valence-electron chi connectivity index (χ0n) is 16.5. The molecule has 1 N–H and O–H groups in total. The molecule has 1 heterocycles. The number of nitrogens with one attached hydrogen (secondary N) is 1. The van der Waals surface area contributed by atoms with Gasteiger partial charge >= 0.3 is 6.01 Å². The molecule has 0 aliphatic carbocycles. The van der Waals surface area contributed by atoms with Gasteiger partial charge in [-0.1, -0.05) is 47.9 Å². The Balaban J connectivity index is 1.47. The van der Waals surface area contributed by atoms with E-state index in [0.717, 1.165) is 12.0 Å². The average molecular weight is 448 g/mol. The van der Waals surface area contributed by atoms with Crippen LogP contribution in [0.25, 0.3) is 0 Å². The van der Waals surface area contributed by atoms with E-state index in [1.54, 1.807) is 0 Å². The lowest BCUT2D eigenvalue weighted by Gasteiger charge is -2.04. The summed E-state index contributed by atoms with van der Waals surface area (Å²) in [5, 5.41) is 10.7. The molecule has 0 fully saturated rings. The third-order valence-corrected chi connectivity index (χ3v) is 6.56. The second kappa shape index (κ2) is 9.86. The maximum atomic E-state index is 12.3. The van der Waals surface area contributed by atoms with Gasteiger partial charge in [0.05, 0.1) is 17.1 Å². The highest BCUT2D eigenvalue weighted by Crippen LogP contribution is 2.17. The van der Waals surface area contributed by atoms with E-state index < -0.39 is 9.84 Å². The van der Waals surface area contributed by atoms with Crippen LogP contribution in [0.3, 0.4) is 0 Å². The molecule has 0 atom stereocenters. The highest BCUT2D eigenvalue weighted by atomic mass is 35.5. The van der Waals surface area contributed by atoms with Crippen LogP contribution in [-0.4, -0.2) is 30.3 Å². The van der Waals surface area contributed by atoms with Crippen LogP contribution in [0.4, 0.5) is 6.01 Å². The van der Waals surface area contributed by atoms with Crippen molar-refractivity contribution in [1.29, 1.82) is 0 Å². The van der Waals surface area contributed by atoms with E-state index in [-0.39, 0.29) is 35.4 Å². The molecule has 9 heteroatoms. The molecule has 0 bridgehead atoms. The van der Waals surface area contributed by atoms with Crippen LogP contribution >= 0.6 is 11.6 Å². The summed E-state index contributed by atoms with van der Waals surface area (Å²) in [6.45, 7) is 2.09. The molecule has 7 nitrogen and oxygen atoms in total. The third kappa shape index (κ3) is 6.14. The number of halogens is 1. The first-order valence-electron chi connectivity index (χ1n) is 9.54. The summed E-state index contributed by atoms with van der Waals surface area (Å²) in [5.74, 6) is -0.145. The zero-order chi connectivity index (χ0) is 21.6. The Morgan fingerprint density at radius 3 is 2.37 bits per heavy atom. The van der Waals surface area contributed by atoms with Crippen molar-refractivity contribution in [2.24, 2.45) is 0 Å². The van der Waals surface area contributed by atoms with E-state index in [2.05, 4.69) is 22.4 Å². The maximum Gasteiger partial charge on any atom is 0.322 e. The normalized spacial score (nSPS) is 11.4. The molecule has 0 aliphatic heterocycles. The van der Waals surface area contributed by atoms with E-state index in [1.165, 1.54) is 29.8 Å². The van der Waals surface area contributed by atoms with Gasteiger partial charge in [-0.05, 0) is 48.2 Å². The van der Waals surface area contributed by atoms with Crippen molar-refractivity contribution >= 4 is 33.4 Å². The standard InChI is InChI=1S/C21H22ClN3O4S/c1-2-15-5-7-16(8-6-15)14-20-24-25-21(29-20)23-19(26)4-3-13-30(27,28)18-11-9-17(22)10-12-18/h5-12H,2-4,13-14H2,1H3,(H,23,25,26). The summed E-state index contributed by atoms with van der Waals surface area (Å²) in [4.78, 5) is 12.2. The molecule has 3 rings (SSSR count). The van der Waals surface area contributed by atoms with Crippen molar-refractivity contribution < 1.29 is 17.6 Å². The monoisotopic (exact) mass is 447 g/mol. The number of rotatable bonds is 9. The number of nitrogens with zero attached hydrogens (tertiary/aromatic N) is 2. The van der Waals surface area contributed by atoms with Crippen molar-refractivity contribution in [2.75, 3.05) is 11.1 Å². The largest absolute Gasteiger partial charge is 0.407 e. The fourth-order valence-corrected chi connectivity index (χ4v) is 4.24. The smallest absolute Gasteiger partial charge is 0.322 e. The van der Waals surface area contributed by atoms with E-state index >= 15 is 0 Å². The predicted molar refractivity (Wildman–Crippen MR) is 114 cm³/mol. The average Bonchev–Trinajstić information content (AvgIpc) is 3.15. The van der Waals surface area contributed by atoms with Crippen LogP contribution in [0.15, 0.2) is 57.8 Å². The molecule has 158 valence electrons. The topological polar surface area (TPSA) is 102 Å². The number of hydrogen-bond acceptors (Lipinski definition) is 6. The van der Waals surface area contributed by atoms with Gasteiger partial charge in [-0.15, -0.1) is 5.10 Å². The zero-order valence-corrected chi connectivity index (χ0v) is 18.0. The number of carbonyl (C=O) groups is 1. The van der Waals surface area contributed by atoms with Crippen LogP contribution in [-0.2, 0) is 27.5 Å². The van der Waals surface area contributed by atoms with Crippen molar-refractivity contribution in [3.63, 3.8) is 0 Å². The van der Waals surface area contributed by atoms with Gasteiger partial charge < -0.3 is 4.42 Å². The molecule has 3 aromatic rings. The summed E-state index contributed by atoms with van der Waals surface area (Å²) >= 11 is 5.78. The van der Waals surface area contributed by atoms with Crippen LogP contribution in [0, 0.1) is 0 Å². The SMILES string of the molecule is CCc1ccc(Cc2nnc(NC(=O)CCCS(=O)(=O)c3ccc(Cl)cc3)o2)cc1. The number of amides is 1. The highest BCUT2D eigenvalue weighted by molar-refractivity contribution is 7.91. The molecule has 0 radical (unpaired) electrons. The van der Waals surface area contributed by atoms with Gasteiger partial charge in [0.2, 0.25) is 11.8 Å². The minimum atomic E-state index is -3.47. The molecule has 0 spiro atoms. The van der Waals surface area contributed by atoms with Gasteiger partial charge in [0.15, 0.2) is 9.84 Å². The molecule has 0 aliphatic rings. The van der Waals surface area contributed by atoms with Gasteiger partial charge in [0.25, 0.3) is 0 Å². The predicted octanol–water partition coefficient (Wildman–Crippen LogP) is 4.07. The minimum Gasteiger partial charge on any atom is -0.407 e. The Labute approximate surface area is 180 Å². The number of sulfone groups is 1. The first-order chi connectivity index (χ1) is 14.4. The molecule has 0 saturated carbocycles. The number of benzene rings is 2. The fraction of sp³-hybridized carbons (Fsp3) is 0.286. The second-order valence-electron chi connectivity index (χ2n) is 6.77. The van der Waals surface area contributed by atoms with Crippen molar-refractivity contribution in [3.05, 3.63) is 70.6 Å². The highest BCUT2D eigenvalue weighted by Gasteiger charge is 2.16. The van der Waals surface area contributed by atoms with E-state index in [0.29, 0.717) is 17.3 Å². The summed E-state index contributed by atoms with van der Waals surface area (Å²) in [6, 6.07) is 14.0. The summed E-state index contributed by atoms with van der Waals surface area (Å²) < 4.78 is 30.0. The molecule has 30 heavy (non-hydrogen) atoms. The Morgan fingerprint density at radius 1 is 1.03 bits per heavy atom. The lowest BCUT2D eigenvalue weighted by atomic mass is 10.1. The van der Waals surface area contributed by atoms with Crippen LogP contribution < -0.4 is 5.32 Å². The van der Waals surface area contributed by atoms with Crippen molar-refractivity contribution in [2.45, 2.75) is 37.5 Å². The molecule has 0 saturated heterocycles. The third-order valence-electron chi connectivity index (χ3n) is 4.49. The summed E-state index contributed by atoms with van der Waals surface area (Å²) in [7, 11) is -3.47. The van der Waals surface area contributed by atoms with Gasteiger partial charge in [-0.3, -0.25) is 10.1 Å². The number of aryl methyl sites for hydroxylation is 1. The van der Waals surface area contributed by atoms with E-state index in [1.807, 2.05) is 24.3 Å². The first-order valence-corrected chi connectivity index (χ1v) is 11.6. The Hall–Kier alpha value is -2.71. The molecule has 0 unspecified atom stereocenters. The van der Waals surface area contributed by atoms with Gasteiger partial charge in [-0.2, -0.15) is 0 Å². The summed E-state index contributed by atoms with van der Waals surface area (Å²) in [5.41, 5.74) is 2.27. The number of carbonyl (C=O) groups excluding carboxylic acids is 1. The second-order valence-corrected chi connectivity index (χ2v) is 9.32. The quantitative estimate of drug-likeness (QED) is 0.530.